The summed E-state index contributed by atoms with van der Waals surface area (Å²) < 4.78 is 29.1. The highest BCUT2D eigenvalue weighted by Gasteiger charge is 2.47. The van der Waals surface area contributed by atoms with Crippen LogP contribution in [0.4, 0.5) is 0 Å². The molecule has 0 N–H and O–H groups in total. The van der Waals surface area contributed by atoms with E-state index in [-0.39, 0.29) is 23.2 Å². The van der Waals surface area contributed by atoms with Gasteiger partial charge >= 0.3 is 10.1 Å². The molecule has 1 aliphatic heterocycles. The van der Waals surface area contributed by atoms with Crippen molar-refractivity contribution in [3.8, 4) is 0 Å². The van der Waals surface area contributed by atoms with Crippen LogP contribution in [0.15, 0.2) is 35.2 Å². The van der Waals surface area contributed by atoms with Crippen molar-refractivity contribution >= 4 is 21.9 Å². The van der Waals surface area contributed by atoms with Gasteiger partial charge in [-0.1, -0.05) is 31.0 Å². The van der Waals surface area contributed by atoms with Gasteiger partial charge in [-0.25, -0.2) is 0 Å². The first-order valence-corrected chi connectivity index (χ1v) is 8.68. The summed E-state index contributed by atoms with van der Waals surface area (Å²) in [6.07, 6.45) is 4.02. The summed E-state index contributed by atoms with van der Waals surface area (Å²) in [4.78, 5) is 24.3. The minimum atomic E-state index is -4.18. The van der Waals surface area contributed by atoms with Gasteiger partial charge in [0.15, 0.2) is 0 Å². The third kappa shape index (κ3) is 2.78. The number of hydrogen-bond donors (Lipinski definition) is 0. The van der Waals surface area contributed by atoms with Crippen LogP contribution in [-0.4, -0.2) is 25.3 Å². The van der Waals surface area contributed by atoms with Crippen LogP contribution in [-0.2, 0) is 24.0 Å². The van der Waals surface area contributed by atoms with Gasteiger partial charge in [0.05, 0.1) is 4.90 Å². The van der Waals surface area contributed by atoms with Crippen molar-refractivity contribution in [3.63, 3.8) is 0 Å². The van der Waals surface area contributed by atoms with Gasteiger partial charge < -0.3 is 0 Å². The van der Waals surface area contributed by atoms with E-state index in [4.69, 9.17) is 4.28 Å². The van der Waals surface area contributed by atoms with Crippen molar-refractivity contribution in [1.82, 2.24) is 5.06 Å². The van der Waals surface area contributed by atoms with Gasteiger partial charge in [-0.15, -0.1) is 9.35 Å². The number of carbonyl (C=O) groups is 2. The number of rotatable bonds is 3. The lowest BCUT2D eigenvalue weighted by atomic mass is 9.77. The Morgan fingerprint density at radius 1 is 0.955 bits per heavy atom. The molecule has 1 aromatic rings. The van der Waals surface area contributed by atoms with Crippen LogP contribution < -0.4 is 0 Å². The number of hydrogen-bond acceptors (Lipinski definition) is 5. The first-order chi connectivity index (χ1) is 10.4. The van der Waals surface area contributed by atoms with E-state index in [0.29, 0.717) is 5.06 Å². The zero-order valence-corrected chi connectivity index (χ0v) is 12.8. The summed E-state index contributed by atoms with van der Waals surface area (Å²) in [5.41, 5.74) is -0.287. The van der Waals surface area contributed by atoms with Crippen LogP contribution >= 0.6 is 0 Å². The van der Waals surface area contributed by atoms with E-state index in [2.05, 4.69) is 0 Å². The zero-order valence-electron chi connectivity index (χ0n) is 12.0. The van der Waals surface area contributed by atoms with E-state index in [0.717, 1.165) is 25.7 Å². The van der Waals surface area contributed by atoms with Crippen molar-refractivity contribution in [1.29, 1.82) is 0 Å². The Balaban J connectivity index is 1.79. The van der Waals surface area contributed by atoms with Gasteiger partial charge in [0.1, 0.15) is 0 Å². The van der Waals surface area contributed by atoms with Gasteiger partial charge in [-0.05, 0) is 30.4 Å². The van der Waals surface area contributed by atoms with Crippen LogP contribution in [0.5, 0.6) is 0 Å². The van der Waals surface area contributed by atoms with Crippen molar-refractivity contribution in [2.24, 2.45) is 5.41 Å². The Labute approximate surface area is 129 Å². The molecule has 7 heteroatoms. The molecule has 2 fully saturated rings. The van der Waals surface area contributed by atoms with Crippen LogP contribution in [0, 0.1) is 5.41 Å². The number of piperidine rings is 1. The van der Waals surface area contributed by atoms with Gasteiger partial charge in [0.25, 0.3) is 11.8 Å². The number of imide groups is 1. The highest BCUT2D eigenvalue weighted by molar-refractivity contribution is 7.86. The summed E-state index contributed by atoms with van der Waals surface area (Å²) in [5, 5.41) is 0.423. The molecule has 6 nitrogen and oxygen atoms in total. The Bertz CT molecular complexity index is 672. The molecule has 1 spiro atoms. The standard InChI is InChI=1S/C15H17NO5S/c17-13-10-15(8-4-5-9-15)11-14(18)16(13)21-22(19,20)12-6-2-1-3-7-12/h1-3,6-7H,4-5,8-11H2. The lowest BCUT2D eigenvalue weighted by Gasteiger charge is -2.35. The zero-order chi connectivity index (χ0) is 15.8. The largest absolute Gasteiger partial charge is 0.318 e. The minimum Gasteiger partial charge on any atom is -0.272 e. The van der Waals surface area contributed by atoms with Crippen molar-refractivity contribution in [3.05, 3.63) is 30.3 Å². The second-order valence-corrected chi connectivity index (χ2v) is 7.51. The van der Waals surface area contributed by atoms with Crippen LogP contribution in [0.3, 0.4) is 0 Å². The average molecular weight is 323 g/mol. The fourth-order valence-corrected chi connectivity index (χ4v) is 4.22. The van der Waals surface area contributed by atoms with Gasteiger partial charge in [0.2, 0.25) is 0 Å². The third-order valence-electron chi connectivity index (χ3n) is 4.37. The Hall–Kier alpha value is -1.73. The maximum absolute atomic E-state index is 12.2. The molecule has 0 bridgehead atoms. The molecule has 1 heterocycles. The number of nitrogens with zero attached hydrogens (tertiary/aromatic N) is 1. The molecular formula is C15H17NO5S. The predicted octanol–water partition coefficient (Wildman–Crippen LogP) is 2.02. The summed E-state index contributed by atoms with van der Waals surface area (Å²) in [7, 11) is -4.18. The molecule has 1 aliphatic carbocycles. The van der Waals surface area contributed by atoms with Crippen molar-refractivity contribution in [2.75, 3.05) is 0 Å². The highest BCUT2D eigenvalue weighted by atomic mass is 32.2. The second kappa shape index (κ2) is 5.48. The summed E-state index contributed by atoms with van der Waals surface area (Å²) >= 11 is 0. The van der Waals surface area contributed by atoms with Crippen molar-refractivity contribution < 1.29 is 22.3 Å². The minimum absolute atomic E-state index is 0.0863. The Kier molecular flexibility index (Phi) is 3.78. The second-order valence-electron chi connectivity index (χ2n) is 5.98. The SMILES string of the molecule is O=C1CC2(CCCC2)CC(=O)N1OS(=O)(=O)c1ccccc1. The smallest absolute Gasteiger partial charge is 0.272 e. The maximum atomic E-state index is 12.2. The molecule has 0 unspecified atom stereocenters. The van der Waals surface area contributed by atoms with E-state index in [1.54, 1.807) is 18.2 Å². The first-order valence-electron chi connectivity index (χ1n) is 7.27. The fourth-order valence-electron chi connectivity index (χ4n) is 3.28. The lowest BCUT2D eigenvalue weighted by Crippen LogP contribution is -2.47. The molecule has 0 atom stereocenters. The Morgan fingerprint density at radius 3 is 2.05 bits per heavy atom. The van der Waals surface area contributed by atoms with E-state index in [1.165, 1.54) is 12.1 Å². The molecule has 0 aromatic heterocycles. The normalized spacial score (nSPS) is 21.5. The van der Waals surface area contributed by atoms with E-state index in [1.807, 2.05) is 0 Å². The van der Waals surface area contributed by atoms with Gasteiger partial charge in [-0.2, -0.15) is 8.42 Å². The molecule has 118 valence electrons. The molecule has 1 aromatic carbocycles. The topological polar surface area (TPSA) is 80.8 Å². The number of hydroxylamine groups is 2. The summed E-state index contributed by atoms with van der Waals surface area (Å²) in [6.45, 7) is 0. The van der Waals surface area contributed by atoms with Crippen LogP contribution in [0.25, 0.3) is 0 Å². The Morgan fingerprint density at radius 2 is 1.50 bits per heavy atom. The van der Waals surface area contributed by atoms with Gasteiger partial charge in [-0.3, -0.25) is 9.59 Å². The highest BCUT2D eigenvalue weighted by Crippen LogP contribution is 2.47. The van der Waals surface area contributed by atoms with E-state index >= 15 is 0 Å². The van der Waals surface area contributed by atoms with Crippen molar-refractivity contribution in [2.45, 2.75) is 43.4 Å². The van der Waals surface area contributed by atoms with Crippen LogP contribution in [0.1, 0.15) is 38.5 Å². The number of amides is 2. The fraction of sp³-hybridized carbons (Fsp3) is 0.467. The first kappa shape index (κ1) is 15.2. The molecule has 0 radical (unpaired) electrons. The predicted molar refractivity (Wildman–Crippen MR) is 76.7 cm³/mol. The third-order valence-corrected chi connectivity index (χ3v) is 5.57. The molecule has 2 amide bonds. The molecule has 1 saturated carbocycles. The molecule has 3 rings (SSSR count). The number of benzene rings is 1. The average Bonchev–Trinajstić information content (AvgIpc) is 2.92. The van der Waals surface area contributed by atoms with Crippen LogP contribution in [0.2, 0.25) is 0 Å². The van der Waals surface area contributed by atoms with Gasteiger partial charge in [0, 0.05) is 12.8 Å². The summed E-state index contributed by atoms with van der Waals surface area (Å²) in [6, 6.07) is 7.46. The quantitative estimate of drug-likeness (QED) is 0.795. The maximum Gasteiger partial charge on any atom is 0.318 e. The van der Waals surface area contributed by atoms with E-state index < -0.39 is 21.9 Å². The molecular weight excluding hydrogens is 306 g/mol. The monoisotopic (exact) mass is 323 g/mol. The summed E-state index contributed by atoms with van der Waals surface area (Å²) in [5.74, 6) is -1.14. The number of carbonyl (C=O) groups excluding carboxylic acids is 2. The lowest BCUT2D eigenvalue weighted by molar-refractivity contribution is -0.181. The molecule has 1 saturated heterocycles. The molecule has 2 aliphatic rings. The van der Waals surface area contributed by atoms with E-state index in [9.17, 15) is 18.0 Å². The molecule has 22 heavy (non-hydrogen) atoms.